The van der Waals surface area contributed by atoms with Crippen LogP contribution in [0.5, 0.6) is 0 Å². The largest absolute Gasteiger partial charge is 0.424 e. The molecule has 1 aromatic carbocycles. The van der Waals surface area contributed by atoms with E-state index in [9.17, 15) is 4.79 Å². The Labute approximate surface area is 176 Å². The highest BCUT2D eigenvalue weighted by atomic mass is 32.2. The molecule has 0 spiro atoms. The van der Waals surface area contributed by atoms with Gasteiger partial charge in [-0.3, -0.25) is 9.36 Å². The Morgan fingerprint density at radius 2 is 2.03 bits per heavy atom. The molecule has 1 atom stereocenters. The van der Waals surface area contributed by atoms with Gasteiger partial charge in [0.1, 0.15) is 4.83 Å². The molecule has 1 unspecified atom stereocenters. The molecule has 0 radical (unpaired) electrons. The second-order valence-electron chi connectivity index (χ2n) is 6.71. The van der Waals surface area contributed by atoms with Crippen LogP contribution in [-0.2, 0) is 6.54 Å². The molecule has 0 aliphatic rings. The van der Waals surface area contributed by atoms with E-state index >= 15 is 0 Å². The standard InChI is InChI=1S/C21H20N4O2S2/c1-5-10-25-20(26)17-16(15-8-6-12(2)7-9-15)11-28-19(17)22-21(25)29-13(3)18-24-23-14(4)27-18/h5-9,11,13H,1,10H2,2-4H3. The van der Waals surface area contributed by atoms with Crippen LogP contribution in [0.25, 0.3) is 21.3 Å². The third-order valence-electron chi connectivity index (χ3n) is 4.50. The molecule has 0 fully saturated rings. The first-order valence-corrected chi connectivity index (χ1v) is 10.9. The van der Waals surface area contributed by atoms with Gasteiger partial charge >= 0.3 is 0 Å². The van der Waals surface area contributed by atoms with E-state index in [1.165, 1.54) is 28.7 Å². The Morgan fingerprint density at radius 3 is 2.69 bits per heavy atom. The summed E-state index contributed by atoms with van der Waals surface area (Å²) in [6.07, 6.45) is 1.71. The van der Waals surface area contributed by atoms with Crippen molar-refractivity contribution in [3.8, 4) is 11.1 Å². The van der Waals surface area contributed by atoms with Gasteiger partial charge in [-0.1, -0.05) is 47.7 Å². The number of hydrogen-bond acceptors (Lipinski definition) is 7. The van der Waals surface area contributed by atoms with Gasteiger partial charge in [0.15, 0.2) is 5.16 Å². The van der Waals surface area contributed by atoms with Crippen LogP contribution in [0.2, 0.25) is 0 Å². The van der Waals surface area contributed by atoms with Crippen molar-refractivity contribution in [1.29, 1.82) is 0 Å². The molecule has 148 valence electrons. The van der Waals surface area contributed by atoms with Crippen molar-refractivity contribution in [2.45, 2.75) is 37.7 Å². The summed E-state index contributed by atoms with van der Waals surface area (Å²) in [7, 11) is 0. The summed E-state index contributed by atoms with van der Waals surface area (Å²) in [6.45, 7) is 9.94. The van der Waals surface area contributed by atoms with Gasteiger partial charge in [0.25, 0.3) is 5.56 Å². The number of nitrogens with zero attached hydrogens (tertiary/aromatic N) is 4. The maximum absolute atomic E-state index is 13.4. The zero-order chi connectivity index (χ0) is 20.5. The summed E-state index contributed by atoms with van der Waals surface area (Å²) in [5.41, 5.74) is 3.04. The van der Waals surface area contributed by atoms with Crippen molar-refractivity contribution in [3.05, 3.63) is 70.0 Å². The molecule has 0 amide bonds. The average Bonchev–Trinajstić information content (AvgIpc) is 3.32. The fourth-order valence-electron chi connectivity index (χ4n) is 3.02. The van der Waals surface area contributed by atoms with Gasteiger partial charge in [-0.25, -0.2) is 4.98 Å². The molecule has 4 aromatic rings. The van der Waals surface area contributed by atoms with Crippen molar-refractivity contribution in [3.63, 3.8) is 0 Å². The molecule has 8 heteroatoms. The van der Waals surface area contributed by atoms with E-state index in [1.54, 1.807) is 17.6 Å². The van der Waals surface area contributed by atoms with E-state index in [1.807, 2.05) is 43.5 Å². The van der Waals surface area contributed by atoms with E-state index in [0.29, 0.717) is 28.9 Å². The van der Waals surface area contributed by atoms with Gasteiger partial charge in [0.2, 0.25) is 11.8 Å². The van der Waals surface area contributed by atoms with Gasteiger partial charge in [-0.05, 0) is 19.4 Å². The summed E-state index contributed by atoms with van der Waals surface area (Å²) >= 11 is 2.91. The number of fused-ring (bicyclic) bond motifs is 1. The van der Waals surface area contributed by atoms with Gasteiger partial charge in [-0.15, -0.1) is 28.1 Å². The van der Waals surface area contributed by atoms with Gasteiger partial charge in [-0.2, -0.15) is 0 Å². The van der Waals surface area contributed by atoms with E-state index in [0.717, 1.165) is 16.0 Å². The van der Waals surface area contributed by atoms with E-state index in [-0.39, 0.29) is 10.8 Å². The van der Waals surface area contributed by atoms with Crippen LogP contribution in [0.1, 0.15) is 29.5 Å². The summed E-state index contributed by atoms with van der Waals surface area (Å²) < 4.78 is 7.19. The number of hydrogen-bond donors (Lipinski definition) is 0. The van der Waals surface area contributed by atoms with Gasteiger partial charge < -0.3 is 4.42 Å². The summed E-state index contributed by atoms with van der Waals surface area (Å²) in [6, 6.07) is 8.17. The molecule has 0 N–H and O–H groups in total. The van der Waals surface area contributed by atoms with Crippen LogP contribution in [-0.4, -0.2) is 19.7 Å². The van der Waals surface area contributed by atoms with Crippen molar-refractivity contribution in [1.82, 2.24) is 19.7 Å². The van der Waals surface area contributed by atoms with Crippen molar-refractivity contribution in [2.75, 3.05) is 0 Å². The fraction of sp³-hybridized carbons (Fsp3) is 0.238. The highest BCUT2D eigenvalue weighted by molar-refractivity contribution is 7.99. The quantitative estimate of drug-likeness (QED) is 0.242. The van der Waals surface area contributed by atoms with Crippen LogP contribution < -0.4 is 5.56 Å². The predicted molar refractivity (Wildman–Crippen MR) is 118 cm³/mol. The van der Waals surface area contributed by atoms with Crippen LogP contribution in [0.4, 0.5) is 0 Å². The lowest BCUT2D eigenvalue weighted by Gasteiger charge is -2.13. The zero-order valence-corrected chi connectivity index (χ0v) is 18.0. The maximum Gasteiger partial charge on any atom is 0.263 e. The third kappa shape index (κ3) is 3.77. The maximum atomic E-state index is 13.4. The number of thiophene rings is 1. The Kier molecular flexibility index (Phi) is 5.38. The number of rotatable bonds is 6. The summed E-state index contributed by atoms with van der Waals surface area (Å²) in [4.78, 5) is 18.9. The fourth-order valence-corrected chi connectivity index (χ4v) is 4.95. The highest BCUT2D eigenvalue weighted by Gasteiger charge is 2.21. The minimum Gasteiger partial charge on any atom is -0.424 e. The Morgan fingerprint density at radius 1 is 1.28 bits per heavy atom. The Balaban J connectivity index is 1.82. The average molecular weight is 425 g/mol. The van der Waals surface area contributed by atoms with Gasteiger partial charge in [0.05, 0.1) is 10.6 Å². The summed E-state index contributed by atoms with van der Waals surface area (Å²) in [5.74, 6) is 1.03. The Hall–Kier alpha value is -2.71. The van der Waals surface area contributed by atoms with Gasteiger partial charge in [0, 0.05) is 24.4 Å². The van der Waals surface area contributed by atoms with Crippen LogP contribution >= 0.6 is 23.1 Å². The minimum absolute atomic E-state index is 0.0665. The second-order valence-corrected chi connectivity index (χ2v) is 8.88. The molecule has 0 saturated heterocycles. The van der Waals surface area contributed by atoms with Crippen LogP contribution in [0.15, 0.2) is 56.7 Å². The molecule has 3 aromatic heterocycles. The molecule has 4 rings (SSSR count). The van der Waals surface area contributed by atoms with E-state index in [4.69, 9.17) is 9.40 Å². The Bertz CT molecular complexity index is 1240. The molecule has 6 nitrogen and oxygen atoms in total. The third-order valence-corrected chi connectivity index (χ3v) is 6.45. The molecule has 3 heterocycles. The first-order valence-electron chi connectivity index (χ1n) is 9.14. The predicted octanol–water partition coefficient (Wildman–Crippen LogP) is 5.16. The monoisotopic (exact) mass is 424 g/mol. The van der Waals surface area contributed by atoms with Crippen molar-refractivity contribution < 1.29 is 4.42 Å². The first-order chi connectivity index (χ1) is 14.0. The normalized spacial score (nSPS) is 12.4. The first kappa shape index (κ1) is 19.6. The topological polar surface area (TPSA) is 73.8 Å². The number of benzene rings is 1. The highest BCUT2D eigenvalue weighted by Crippen LogP contribution is 2.36. The number of allylic oxidation sites excluding steroid dienone is 1. The summed E-state index contributed by atoms with van der Waals surface area (Å²) in [5, 5.41) is 11.1. The second kappa shape index (κ2) is 7.96. The lowest BCUT2D eigenvalue weighted by atomic mass is 10.1. The zero-order valence-electron chi connectivity index (χ0n) is 16.4. The smallest absolute Gasteiger partial charge is 0.263 e. The minimum atomic E-state index is -0.131. The molecular formula is C21H20N4O2S2. The van der Waals surface area contributed by atoms with Crippen LogP contribution in [0, 0.1) is 13.8 Å². The molecule has 0 saturated carbocycles. The van der Waals surface area contributed by atoms with Crippen molar-refractivity contribution in [2.24, 2.45) is 0 Å². The van der Waals surface area contributed by atoms with E-state index in [2.05, 4.69) is 16.8 Å². The lowest BCUT2D eigenvalue weighted by molar-refractivity contribution is 0.469. The number of thioether (sulfide) groups is 1. The molecule has 0 aliphatic heterocycles. The molecule has 0 bridgehead atoms. The number of aromatic nitrogens is 4. The van der Waals surface area contributed by atoms with E-state index < -0.39 is 0 Å². The molecule has 0 aliphatic carbocycles. The number of aryl methyl sites for hydroxylation is 2. The van der Waals surface area contributed by atoms with Crippen LogP contribution in [0.3, 0.4) is 0 Å². The SMILES string of the molecule is C=CCn1c(SC(C)c2nnc(C)o2)nc2scc(-c3ccc(C)cc3)c2c1=O. The lowest BCUT2D eigenvalue weighted by Crippen LogP contribution is -2.22. The van der Waals surface area contributed by atoms with Crippen molar-refractivity contribution >= 4 is 33.3 Å². The molecule has 29 heavy (non-hydrogen) atoms. The molecular weight excluding hydrogens is 404 g/mol.